The highest BCUT2D eigenvalue weighted by Crippen LogP contribution is 2.43. The first kappa shape index (κ1) is 22.0. The zero-order valence-electron chi connectivity index (χ0n) is 18.6. The molecular weight excluding hydrogens is 382 g/mol. The van der Waals surface area contributed by atoms with Crippen LogP contribution in [0.1, 0.15) is 51.9 Å². The molecule has 7 heteroatoms. The molecule has 0 aromatic rings. The zero-order chi connectivity index (χ0) is 20.9. The van der Waals surface area contributed by atoms with E-state index >= 15 is 0 Å². The van der Waals surface area contributed by atoms with E-state index in [1.165, 1.54) is 38.8 Å². The van der Waals surface area contributed by atoms with E-state index in [1.807, 2.05) is 11.8 Å². The number of hydrogen-bond acceptors (Lipinski definition) is 5. The highest BCUT2D eigenvalue weighted by Gasteiger charge is 2.49. The maximum atomic E-state index is 13.0. The molecule has 0 bridgehead atoms. The van der Waals surface area contributed by atoms with E-state index in [4.69, 9.17) is 9.47 Å². The largest absolute Gasteiger partial charge is 0.378 e. The summed E-state index contributed by atoms with van der Waals surface area (Å²) in [5, 5.41) is 0. The summed E-state index contributed by atoms with van der Waals surface area (Å²) in [6, 6.07) is 0.876. The van der Waals surface area contributed by atoms with Crippen molar-refractivity contribution in [2.24, 2.45) is 11.8 Å². The maximum absolute atomic E-state index is 13.0. The summed E-state index contributed by atoms with van der Waals surface area (Å²) in [7, 11) is 0. The van der Waals surface area contributed by atoms with Crippen LogP contribution in [0, 0.1) is 11.8 Å². The SMILES string of the molecule is CCOCC(=O)N1C[C@@H]2CCCN3CCC[C@@H]([C@H]23)[C@H]1CCCC(=O)N1CCOCC1. The van der Waals surface area contributed by atoms with Gasteiger partial charge < -0.3 is 19.3 Å². The lowest BCUT2D eigenvalue weighted by molar-refractivity contribution is -0.151. The van der Waals surface area contributed by atoms with Crippen molar-refractivity contribution in [1.29, 1.82) is 0 Å². The van der Waals surface area contributed by atoms with E-state index in [2.05, 4.69) is 9.80 Å². The Hall–Kier alpha value is -1.18. The molecule has 0 aromatic carbocycles. The Kier molecular flexibility index (Phi) is 7.65. The number of morpholine rings is 1. The topological polar surface area (TPSA) is 62.3 Å². The molecule has 0 spiro atoms. The van der Waals surface area contributed by atoms with Crippen LogP contribution in [0.5, 0.6) is 0 Å². The summed E-state index contributed by atoms with van der Waals surface area (Å²) in [4.78, 5) is 32.4. The van der Waals surface area contributed by atoms with Gasteiger partial charge in [0.05, 0.1) is 13.2 Å². The van der Waals surface area contributed by atoms with Gasteiger partial charge in [-0.2, -0.15) is 0 Å². The first-order chi connectivity index (χ1) is 14.7. The molecule has 30 heavy (non-hydrogen) atoms. The molecule has 7 nitrogen and oxygen atoms in total. The normalized spacial score (nSPS) is 32.0. The summed E-state index contributed by atoms with van der Waals surface area (Å²) in [6.07, 6.45) is 7.28. The minimum atomic E-state index is 0.141. The van der Waals surface area contributed by atoms with E-state index in [9.17, 15) is 9.59 Å². The summed E-state index contributed by atoms with van der Waals surface area (Å²) in [5.41, 5.74) is 0. The predicted molar refractivity (Wildman–Crippen MR) is 114 cm³/mol. The van der Waals surface area contributed by atoms with Crippen LogP contribution in [0.2, 0.25) is 0 Å². The third-order valence-electron chi connectivity index (χ3n) is 7.68. The van der Waals surface area contributed by atoms with Crippen LogP contribution in [0.4, 0.5) is 0 Å². The van der Waals surface area contributed by atoms with E-state index in [0.717, 1.165) is 19.4 Å². The number of carbonyl (C=O) groups is 2. The van der Waals surface area contributed by atoms with Gasteiger partial charge in [0.15, 0.2) is 0 Å². The van der Waals surface area contributed by atoms with Crippen LogP contribution < -0.4 is 0 Å². The van der Waals surface area contributed by atoms with Crippen molar-refractivity contribution in [3.05, 3.63) is 0 Å². The van der Waals surface area contributed by atoms with Crippen LogP contribution in [0.3, 0.4) is 0 Å². The van der Waals surface area contributed by atoms with Crippen molar-refractivity contribution in [2.75, 3.05) is 59.2 Å². The highest BCUT2D eigenvalue weighted by atomic mass is 16.5. The Morgan fingerprint density at radius 3 is 2.57 bits per heavy atom. The average Bonchev–Trinajstić information content (AvgIpc) is 2.79. The molecule has 4 fully saturated rings. The van der Waals surface area contributed by atoms with Gasteiger partial charge in [0.25, 0.3) is 0 Å². The molecule has 2 amide bonds. The zero-order valence-corrected chi connectivity index (χ0v) is 18.6. The van der Waals surface area contributed by atoms with Crippen LogP contribution >= 0.6 is 0 Å². The molecule has 0 saturated carbocycles. The molecule has 4 atom stereocenters. The number of rotatable bonds is 7. The van der Waals surface area contributed by atoms with Gasteiger partial charge in [0, 0.05) is 44.7 Å². The van der Waals surface area contributed by atoms with E-state index in [0.29, 0.717) is 57.2 Å². The molecule has 0 aliphatic carbocycles. The second-order valence-electron chi connectivity index (χ2n) is 9.37. The van der Waals surface area contributed by atoms with Gasteiger partial charge >= 0.3 is 0 Å². The van der Waals surface area contributed by atoms with Gasteiger partial charge in [-0.15, -0.1) is 0 Å². The minimum absolute atomic E-state index is 0.141. The number of ether oxygens (including phenoxy) is 2. The lowest BCUT2D eigenvalue weighted by Gasteiger charge is -2.57. The number of piperidine rings is 3. The molecule has 0 N–H and O–H groups in total. The lowest BCUT2D eigenvalue weighted by atomic mass is 9.69. The van der Waals surface area contributed by atoms with Crippen molar-refractivity contribution < 1.29 is 19.1 Å². The van der Waals surface area contributed by atoms with E-state index < -0.39 is 0 Å². The van der Waals surface area contributed by atoms with Crippen LogP contribution in [-0.2, 0) is 19.1 Å². The Bertz CT molecular complexity index is 593. The van der Waals surface area contributed by atoms with Gasteiger partial charge in [0.1, 0.15) is 6.61 Å². The van der Waals surface area contributed by atoms with Crippen molar-refractivity contribution in [3.8, 4) is 0 Å². The van der Waals surface area contributed by atoms with Crippen LogP contribution in [0.25, 0.3) is 0 Å². The molecular formula is C23H39N3O4. The number of likely N-dealkylation sites (tertiary alicyclic amines) is 1. The van der Waals surface area contributed by atoms with Crippen molar-refractivity contribution in [3.63, 3.8) is 0 Å². The van der Waals surface area contributed by atoms with Gasteiger partial charge in [-0.25, -0.2) is 0 Å². The monoisotopic (exact) mass is 421 g/mol. The van der Waals surface area contributed by atoms with Crippen molar-refractivity contribution in [2.45, 2.75) is 64.0 Å². The molecule has 4 aliphatic heterocycles. The summed E-state index contributed by atoms with van der Waals surface area (Å²) in [6.45, 7) is 8.71. The Morgan fingerprint density at radius 1 is 1.03 bits per heavy atom. The molecule has 170 valence electrons. The van der Waals surface area contributed by atoms with Crippen molar-refractivity contribution >= 4 is 11.8 Å². The molecule has 4 rings (SSSR count). The van der Waals surface area contributed by atoms with E-state index in [-0.39, 0.29) is 24.5 Å². The van der Waals surface area contributed by atoms with Gasteiger partial charge in [-0.3, -0.25) is 14.5 Å². The Balaban J connectivity index is 1.42. The summed E-state index contributed by atoms with van der Waals surface area (Å²) in [5.74, 6) is 1.52. The fourth-order valence-electron chi connectivity index (χ4n) is 6.36. The summed E-state index contributed by atoms with van der Waals surface area (Å²) >= 11 is 0. The predicted octanol–water partition coefficient (Wildman–Crippen LogP) is 1.75. The third kappa shape index (κ3) is 4.83. The van der Waals surface area contributed by atoms with Crippen molar-refractivity contribution in [1.82, 2.24) is 14.7 Å². The Labute approximate surface area is 181 Å². The standard InChI is InChI=1S/C23H39N3O4/c1-2-29-17-22(28)26-16-18-6-4-10-25-11-5-7-19(23(18)25)20(26)8-3-9-21(27)24-12-14-30-15-13-24/h18-20,23H,2-17H2,1H3/t18-,19+,20+,23-/m0/s1. The molecule has 4 heterocycles. The first-order valence-corrected chi connectivity index (χ1v) is 12.2. The fourth-order valence-corrected chi connectivity index (χ4v) is 6.36. The average molecular weight is 422 g/mol. The Morgan fingerprint density at radius 2 is 1.80 bits per heavy atom. The third-order valence-corrected chi connectivity index (χ3v) is 7.68. The molecule has 4 aliphatic rings. The number of amides is 2. The first-order valence-electron chi connectivity index (χ1n) is 12.2. The van der Waals surface area contributed by atoms with Crippen LogP contribution in [0.15, 0.2) is 0 Å². The quantitative estimate of drug-likeness (QED) is 0.627. The lowest BCUT2D eigenvalue weighted by Crippen LogP contribution is -2.65. The van der Waals surface area contributed by atoms with Gasteiger partial charge in [-0.05, 0) is 70.4 Å². The molecule has 0 radical (unpaired) electrons. The highest BCUT2D eigenvalue weighted by molar-refractivity contribution is 5.78. The smallest absolute Gasteiger partial charge is 0.248 e. The number of hydrogen-bond donors (Lipinski definition) is 0. The number of carbonyl (C=O) groups excluding carboxylic acids is 2. The second kappa shape index (κ2) is 10.4. The minimum Gasteiger partial charge on any atom is -0.378 e. The second-order valence-corrected chi connectivity index (χ2v) is 9.37. The van der Waals surface area contributed by atoms with Gasteiger partial charge in [0.2, 0.25) is 11.8 Å². The molecule has 4 saturated heterocycles. The maximum Gasteiger partial charge on any atom is 0.248 e. The van der Waals surface area contributed by atoms with E-state index in [1.54, 1.807) is 0 Å². The molecule has 0 unspecified atom stereocenters. The van der Waals surface area contributed by atoms with Gasteiger partial charge in [-0.1, -0.05) is 0 Å². The fraction of sp³-hybridized carbons (Fsp3) is 0.913. The molecule has 0 aromatic heterocycles. The summed E-state index contributed by atoms with van der Waals surface area (Å²) < 4.78 is 10.8. The number of nitrogens with zero attached hydrogens (tertiary/aromatic N) is 3. The van der Waals surface area contributed by atoms with Crippen LogP contribution in [-0.4, -0.2) is 97.7 Å².